The molecule has 0 radical (unpaired) electrons. The molecule has 2 aromatic rings. The highest BCUT2D eigenvalue weighted by Gasteiger charge is 2.08. The third-order valence-corrected chi connectivity index (χ3v) is 2.83. The first-order valence-corrected chi connectivity index (χ1v) is 6.06. The molecule has 0 aliphatic carbocycles. The van der Waals surface area contributed by atoms with E-state index in [2.05, 4.69) is 0 Å². The van der Waals surface area contributed by atoms with E-state index >= 15 is 0 Å². The van der Waals surface area contributed by atoms with E-state index in [1.54, 1.807) is 42.5 Å². The van der Waals surface area contributed by atoms with Gasteiger partial charge >= 0.3 is 0 Å². The molecule has 2 rings (SSSR count). The summed E-state index contributed by atoms with van der Waals surface area (Å²) in [7, 11) is 0. The summed E-state index contributed by atoms with van der Waals surface area (Å²) in [6.07, 6.45) is 0. The highest BCUT2D eigenvalue weighted by molar-refractivity contribution is 5.96. The van der Waals surface area contributed by atoms with Crippen LogP contribution in [0.3, 0.4) is 0 Å². The summed E-state index contributed by atoms with van der Waals surface area (Å²) < 4.78 is 5.57. The number of rotatable bonds is 4. The number of benzene rings is 2. The Labute approximate surface area is 116 Å². The minimum Gasteiger partial charge on any atom is -0.508 e. The summed E-state index contributed by atoms with van der Waals surface area (Å²) in [4.78, 5) is 11.3. The third-order valence-electron chi connectivity index (χ3n) is 2.83. The van der Waals surface area contributed by atoms with Crippen LogP contribution in [0.2, 0.25) is 0 Å². The van der Waals surface area contributed by atoms with Crippen molar-refractivity contribution in [1.29, 1.82) is 5.26 Å². The van der Waals surface area contributed by atoms with Gasteiger partial charge in [0.15, 0.2) is 5.78 Å². The standard InChI is InChI=1S/C16H13NO3/c1-11(18)16-7-6-15(8-13(16)9-17)20-10-12-2-4-14(19)5-3-12/h2-8,19H,10H2,1H3. The monoisotopic (exact) mass is 267 g/mol. The molecule has 0 fully saturated rings. The molecule has 0 heterocycles. The Morgan fingerprint density at radius 3 is 2.55 bits per heavy atom. The maximum Gasteiger partial charge on any atom is 0.161 e. The maximum atomic E-state index is 11.3. The van der Waals surface area contributed by atoms with E-state index < -0.39 is 0 Å². The van der Waals surface area contributed by atoms with E-state index in [0.717, 1.165) is 5.56 Å². The highest BCUT2D eigenvalue weighted by Crippen LogP contribution is 2.19. The number of phenols is 1. The van der Waals surface area contributed by atoms with Crippen molar-refractivity contribution in [3.05, 3.63) is 59.2 Å². The highest BCUT2D eigenvalue weighted by atomic mass is 16.5. The zero-order valence-corrected chi connectivity index (χ0v) is 11.0. The summed E-state index contributed by atoms with van der Waals surface area (Å²) in [5.74, 6) is 0.581. The van der Waals surface area contributed by atoms with Gasteiger partial charge in [0.1, 0.15) is 24.2 Å². The fourth-order valence-corrected chi connectivity index (χ4v) is 1.77. The van der Waals surface area contributed by atoms with Crippen LogP contribution in [0, 0.1) is 11.3 Å². The molecule has 0 atom stereocenters. The van der Waals surface area contributed by atoms with E-state index in [9.17, 15) is 9.90 Å². The number of carbonyl (C=O) groups is 1. The average molecular weight is 267 g/mol. The molecule has 0 unspecified atom stereocenters. The first-order chi connectivity index (χ1) is 9.60. The summed E-state index contributed by atoms with van der Waals surface area (Å²) in [5.41, 5.74) is 1.60. The molecule has 0 saturated carbocycles. The number of ketones is 1. The topological polar surface area (TPSA) is 70.3 Å². The van der Waals surface area contributed by atoms with Gasteiger partial charge in [-0.1, -0.05) is 12.1 Å². The van der Waals surface area contributed by atoms with Gasteiger partial charge in [0, 0.05) is 5.56 Å². The molecule has 4 heteroatoms. The molecule has 2 aromatic carbocycles. The van der Waals surface area contributed by atoms with Gasteiger partial charge in [0.05, 0.1) is 5.56 Å². The minimum atomic E-state index is -0.147. The average Bonchev–Trinajstić information content (AvgIpc) is 2.46. The second-order valence-corrected chi connectivity index (χ2v) is 4.33. The van der Waals surface area contributed by atoms with Gasteiger partial charge in [-0.15, -0.1) is 0 Å². The first-order valence-electron chi connectivity index (χ1n) is 6.06. The molecule has 20 heavy (non-hydrogen) atoms. The Morgan fingerprint density at radius 1 is 1.25 bits per heavy atom. The molecule has 0 saturated heterocycles. The third kappa shape index (κ3) is 3.15. The van der Waals surface area contributed by atoms with Gasteiger partial charge < -0.3 is 9.84 Å². The van der Waals surface area contributed by atoms with E-state index in [1.165, 1.54) is 6.92 Å². The molecule has 0 spiro atoms. The van der Waals surface area contributed by atoms with Gasteiger partial charge in [0.2, 0.25) is 0 Å². The van der Waals surface area contributed by atoms with Crippen LogP contribution >= 0.6 is 0 Å². The van der Waals surface area contributed by atoms with Gasteiger partial charge in [-0.2, -0.15) is 5.26 Å². The van der Waals surface area contributed by atoms with Crippen molar-refractivity contribution in [3.63, 3.8) is 0 Å². The summed E-state index contributed by atoms with van der Waals surface area (Å²) >= 11 is 0. The van der Waals surface area contributed by atoms with Gasteiger partial charge in [-0.05, 0) is 42.8 Å². The van der Waals surface area contributed by atoms with Crippen molar-refractivity contribution in [2.45, 2.75) is 13.5 Å². The molecule has 0 aromatic heterocycles. The van der Waals surface area contributed by atoms with Crippen molar-refractivity contribution in [2.24, 2.45) is 0 Å². The van der Waals surface area contributed by atoms with Crippen LogP contribution in [-0.2, 0) is 6.61 Å². The number of hydrogen-bond acceptors (Lipinski definition) is 4. The lowest BCUT2D eigenvalue weighted by atomic mass is 10.1. The van der Waals surface area contributed by atoms with Gasteiger partial charge in [-0.25, -0.2) is 0 Å². The van der Waals surface area contributed by atoms with Crippen LogP contribution < -0.4 is 4.74 Å². The summed E-state index contributed by atoms with van der Waals surface area (Å²) in [6, 6.07) is 13.5. The van der Waals surface area contributed by atoms with Crippen LogP contribution in [0.5, 0.6) is 11.5 Å². The number of phenolic OH excluding ortho intramolecular Hbond substituents is 1. The Morgan fingerprint density at radius 2 is 1.95 bits per heavy atom. The van der Waals surface area contributed by atoms with Crippen molar-refractivity contribution in [2.75, 3.05) is 0 Å². The second kappa shape index (κ2) is 5.89. The second-order valence-electron chi connectivity index (χ2n) is 4.33. The first kappa shape index (κ1) is 13.6. The largest absolute Gasteiger partial charge is 0.508 e. The molecular weight excluding hydrogens is 254 g/mol. The molecule has 100 valence electrons. The van der Waals surface area contributed by atoms with Gasteiger partial charge in [0.25, 0.3) is 0 Å². The number of aromatic hydroxyl groups is 1. The fraction of sp³-hybridized carbons (Fsp3) is 0.125. The Balaban J connectivity index is 2.12. The normalized spacial score (nSPS) is 9.80. The lowest BCUT2D eigenvalue weighted by molar-refractivity contribution is 0.101. The van der Waals surface area contributed by atoms with Crippen LogP contribution in [0.25, 0.3) is 0 Å². The number of hydrogen-bond donors (Lipinski definition) is 1. The van der Waals surface area contributed by atoms with Crippen molar-refractivity contribution in [3.8, 4) is 17.6 Å². The maximum absolute atomic E-state index is 11.3. The Kier molecular flexibility index (Phi) is 4.02. The number of nitrogens with zero attached hydrogens (tertiary/aromatic N) is 1. The van der Waals surface area contributed by atoms with Crippen molar-refractivity contribution >= 4 is 5.78 Å². The molecule has 0 bridgehead atoms. The number of ether oxygens (including phenoxy) is 1. The van der Waals surface area contributed by atoms with Crippen LogP contribution in [0.1, 0.15) is 28.4 Å². The zero-order chi connectivity index (χ0) is 14.5. The number of Topliss-reactive ketones (excluding diaryl/α,β-unsaturated/α-hetero) is 1. The summed E-state index contributed by atoms with van der Waals surface area (Å²) in [5, 5.41) is 18.2. The molecule has 1 N–H and O–H groups in total. The molecule has 0 amide bonds. The van der Waals surface area contributed by atoms with Crippen LogP contribution in [0.15, 0.2) is 42.5 Å². The van der Waals surface area contributed by atoms with Crippen molar-refractivity contribution in [1.82, 2.24) is 0 Å². The van der Waals surface area contributed by atoms with E-state index in [1.807, 2.05) is 6.07 Å². The molecule has 4 nitrogen and oxygen atoms in total. The van der Waals surface area contributed by atoms with E-state index in [4.69, 9.17) is 10.00 Å². The van der Waals surface area contributed by atoms with Crippen LogP contribution in [0.4, 0.5) is 0 Å². The molecular formula is C16H13NO3. The van der Waals surface area contributed by atoms with Crippen LogP contribution in [-0.4, -0.2) is 10.9 Å². The predicted octanol–water partition coefficient (Wildman–Crippen LogP) is 3.05. The summed E-state index contributed by atoms with van der Waals surface area (Å²) in [6.45, 7) is 1.75. The fourth-order valence-electron chi connectivity index (χ4n) is 1.77. The number of carbonyl (C=O) groups excluding carboxylic acids is 1. The quantitative estimate of drug-likeness (QED) is 0.864. The minimum absolute atomic E-state index is 0.147. The lowest BCUT2D eigenvalue weighted by Gasteiger charge is -2.08. The molecule has 0 aliphatic rings. The zero-order valence-electron chi connectivity index (χ0n) is 11.0. The van der Waals surface area contributed by atoms with E-state index in [-0.39, 0.29) is 11.5 Å². The smallest absolute Gasteiger partial charge is 0.161 e. The van der Waals surface area contributed by atoms with Gasteiger partial charge in [-0.3, -0.25) is 4.79 Å². The SMILES string of the molecule is CC(=O)c1ccc(OCc2ccc(O)cc2)cc1C#N. The Hall–Kier alpha value is -2.80. The lowest BCUT2D eigenvalue weighted by Crippen LogP contribution is -1.99. The predicted molar refractivity (Wildman–Crippen MR) is 73.6 cm³/mol. The number of nitriles is 1. The molecule has 0 aliphatic heterocycles. The Bertz CT molecular complexity index is 669. The van der Waals surface area contributed by atoms with Crippen molar-refractivity contribution < 1.29 is 14.6 Å². The van der Waals surface area contributed by atoms with E-state index in [0.29, 0.717) is 23.5 Å².